The number of esters is 1. The fourth-order valence-corrected chi connectivity index (χ4v) is 5.95. The van der Waals surface area contributed by atoms with E-state index in [1.807, 2.05) is 5.38 Å². The third kappa shape index (κ3) is 17.8. The molecule has 2 aromatic carbocycles. The molecule has 0 atom stereocenters. The van der Waals surface area contributed by atoms with Crippen molar-refractivity contribution in [2.24, 2.45) is 5.73 Å². The largest absolute Gasteiger partial charge is 0.496 e. The second-order valence-corrected chi connectivity index (χ2v) is 13.7. The molecule has 18 nitrogen and oxygen atoms in total. The number of imidazole rings is 1. The number of fused-ring (bicyclic) bond motifs is 1. The van der Waals surface area contributed by atoms with Gasteiger partial charge in [0.05, 0.1) is 98.4 Å². The Labute approximate surface area is 355 Å². The molecule has 2 heterocycles. The van der Waals surface area contributed by atoms with Crippen molar-refractivity contribution in [3.05, 3.63) is 76.6 Å². The van der Waals surface area contributed by atoms with Gasteiger partial charge in [0, 0.05) is 49.5 Å². The Hall–Kier alpha value is -5.13. The average Bonchev–Trinajstić information content (AvgIpc) is 3.87. The summed E-state index contributed by atoms with van der Waals surface area (Å²) in [4.78, 5) is 55.3. The van der Waals surface area contributed by atoms with Crippen molar-refractivity contribution in [1.29, 1.82) is 0 Å². The third-order valence-corrected chi connectivity index (χ3v) is 9.00. The molecule has 2 aromatic heterocycles. The number of thiazole rings is 1. The number of rotatable bonds is 31. The van der Waals surface area contributed by atoms with E-state index >= 15 is 0 Å². The number of carbonyl (C=O) groups is 4. The normalized spacial score (nSPS) is 11.1. The van der Waals surface area contributed by atoms with Crippen LogP contribution in [0.15, 0.2) is 48.1 Å². The molecular weight excluding hydrogens is 827 g/mol. The topological polar surface area (TPSA) is 222 Å². The zero-order valence-corrected chi connectivity index (χ0v) is 34.7. The van der Waals surface area contributed by atoms with Gasteiger partial charge in [-0.05, 0) is 42.3 Å². The summed E-state index contributed by atoms with van der Waals surface area (Å²) in [5.41, 5.74) is 6.17. The fourth-order valence-electron chi connectivity index (χ4n) is 5.25. The molecule has 4 rings (SSSR count). The molecular formula is C40H52F2N6O12S. The van der Waals surface area contributed by atoms with E-state index in [0.29, 0.717) is 76.7 Å². The van der Waals surface area contributed by atoms with Gasteiger partial charge in [-0.15, -0.1) is 11.3 Å². The summed E-state index contributed by atoms with van der Waals surface area (Å²) < 4.78 is 73.4. The summed E-state index contributed by atoms with van der Waals surface area (Å²) in [7, 11) is 1.41. The van der Waals surface area contributed by atoms with Crippen LogP contribution in [0.4, 0.5) is 14.5 Å². The number of nitrogens with one attached hydrogen (secondary N) is 3. The number of hydrogen-bond donors (Lipinski definition) is 4. The number of halogens is 2. The molecule has 0 aliphatic rings. The molecule has 0 aliphatic heterocycles. The number of nitrogens with two attached hydrogens (primary N) is 1. The van der Waals surface area contributed by atoms with Gasteiger partial charge >= 0.3 is 5.97 Å². The molecule has 5 N–H and O–H groups in total. The lowest BCUT2D eigenvalue weighted by molar-refractivity contribution is -0.136. The van der Waals surface area contributed by atoms with Crippen molar-refractivity contribution in [2.75, 3.05) is 105 Å². The molecule has 3 amide bonds. The Morgan fingerprint density at radius 2 is 1.38 bits per heavy atom. The molecule has 0 saturated carbocycles. The maximum atomic E-state index is 14.7. The Morgan fingerprint density at radius 1 is 0.770 bits per heavy atom. The summed E-state index contributed by atoms with van der Waals surface area (Å²) in [6, 6.07) is 6.52. The van der Waals surface area contributed by atoms with Crippen LogP contribution in [0.2, 0.25) is 0 Å². The van der Waals surface area contributed by atoms with E-state index in [1.54, 1.807) is 28.9 Å². The number of benzene rings is 2. The minimum Gasteiger partial charge on any atom is -0.496 e. The van der Waals surface area contributed by atoms with Crippen LogP contribution in [0.1, 0.15) is 45.7 Å². The van der Waals surface area contributed by atoms with Crippen LogP contribution in [-0.2, 0) is 44.6 Å². The SMILES string of the molecule is COc1ccc(NC(=O)c2cn3ccsc3n2)cc1C(=O)NCCCC(=O)NCc1cc(F)c(OC(=O)CCOCCOCCOCCOCCOCCOCCN)c(F)c1. The highest BCUT2D eigenvalue weighted by Gasteiger charge is 2.19. The predicted octanol–water partition coefficient (Wildman–Crippen LogP) is 3.12. The van der Waals surface area contributed by atoms with Crippen molar-refractivity contribution in [2.45, 2.75) is 25.8 Å². The van der Waals surface area contributed by atoms with Crippen molar-refractivity contribution in [1.82, 2.24) is 20.0 Å². The minimum atomic E-state index is -1.11. The first-order valence-electron chi connectivity index (χ1n) is 19.5. The summed E-state index contributed by atoms with van der Waals surface area (Å²) in [5.74, 6) is -5.06. The van der Waals surface area contributed by atoms with Crippen LogP contribution < -0.4 is 31.2 Å². The molecule has 0 bridgehead atoms. The molecule has 0 saturated heterocycles. The van der Waals surface area contributed by atoms with Gasteiger partial charge in [0.15, 0.2) is 16.6 Å². The zero-order valence-electron chi connectivity index (χ0n) is 33.9. The maximum absolute atomic E-state index is 14.7. The Morgan fingerprint density at radius 3 is 1.97 bits per heavy atom. The molecule has 61 heavy (non-hydrogen) atoms. The van der Waals surface area contributed by atoms with Crippen LogP contribution in [0.3, 0.4) is 0 Å². The van der Waals surface area contributed by atoms with Gasteiger partial charge in [-0.2, -0.15) is 0 Å². The van der Waals surface area contributed by atoms with Crippen LogP contribution in [0.5, 0.6) is 11.5 Å². The highest BCUT2D eigenvalue weighted by Crippen LogP contribution is 2.25. The smallest absolute Gasteiger partial charge is 0.313 e. The summed E-state index contributed by atoms with van der Waals surface area (Å²) in [5, 5.41) is 9.86. The fraction of sp³-hybridized carbons (Fsp3) is 0.475. The lowest BCUT2D eigenvalue weighted by atomic mass is 10.1. The molecule has 0 spiro atoms. The lowest BCUT2D eigenvalue weighted by Crippen LogP contribution is -2.27. The van der Waals surface area contributed by atoms with Crippen LogP contribution in [0.25, 0.3) is 4.96 Å². The van der Waals surface area contributed by atoms with Crippen molar-refractivity contribution < 1.29 is 65.9 Å². The predicted molar refractivity (Wildman–Crippen MR) is 218 cm³/mol. The molecule has 334 valence electrons. The molecule has 0 radical (unpaired) electrons. The van der Waals surface area contributed by atoms with Gasteiger partial charge in [0.1, 0.15) is 11.4 Å². The Bertz CT molecular complexity index is 1930. The number of amides is 3. The first-order valence-corrected chi connectivity index (χ1v) is 20.4. The quantitative estimate of drug-likeness (QED) is 0.0324. The number of aromatic nitrogens is 2. The zero-order chi connectivity index (χ0) is 43.7. The van der Waals surface area contributed by atoms with Crippen LogP contribution in [-0.4, -0.2) is 133 Å². The number of nitrogens with zero attached hydrogens (tertiary/aromatic N) is 2. The number of anilines is 1. The Balaban J connectivity index is 1.03. The van der Waals surface area contributed by atoms with E-state index in [-0.39, 0.29) is 74.7 Å². The maximum Gasteiger partial charge on any atom is 0.313 e. The highest BCUT2D eigenvalue weighted by atomic mass is 32.1. The Kier molecular flexibility index (Phi) is 22.0. The van der Waals surface area contributed by atoms with Gasteiger partial charge in [-0.25, -0.2) is 13.8 Å². The first-order chi connectivity index (χ1) is 29.7. The molecule has 21 heteroatoms. The molecule has 4 aromatic rings. The summed E-state index contributed by atoms with van der Waals surface area (Å²) in [6.07, 6.45) is 3.38. The highest BCUT2D eigenvalue weighted by molar-refractivity contribution is 7.15. The van der Waals surface area contributed by atoms with Crippen LogP contribution >= 0.6 is 11.3 Å². The second-order valence-electron chi connectivity index (χ2n) is 12.8. The van der Waals surface area contributed by atoms with Gasteiger partial charge in [-0.1, -0.05) is 0 Å². The van der Waals surface area contributed by atoms with E-state index in [2.05, 4.69) is 20.9 Å². The van der Waals surface area contributed by atoms with Crippen LogP contribution in [0, 0.1) is 11.6 Å². The monoisotopic (exact) mass is 878 g/mol. The summed E-state index contributed by atoms with van der Waals surface area (Å²) >= 11 is 1.39. The first kappa shape index (κ1) is 48.5. The van der Waals surface area contributed by atoms with E-state index in [0.717, 1.165) is 12.1 Å². The third-order valence-electron chi connectivity index (χ3n) is 8.23. The number of hydrogen-bond acceptors (Lipinski definition) is 15. The second kappa shape index (κ2) is 27.7. The van der Waals surface area contributed by atoms with Gasteiger partial charge in [0.2, 0.25) is 11.7 Å². The van der Waals surface area contributed by atoms with E-state index < -0.39 is 41.1 Å². The van der Waals surface area contributed by atoms with Gasteiger partial charge in [0.25, 0.3) is 11.8 Å². The van der Waals surface area contributed by atoms with E-state index in [4.69, 9.17) is 43.6 Å². The van der Waals surface area contributed by atoms with Crippen molar-refractivity contribution in [3.63, 3.8) is 0 Å². The molecule has 0 aliphatic carbocycles. The number of methoxy groups -OCH3 is 1. The number of ether oxygens (including phenoxy) is 8. The van der Waals surface area contributed by atoms with Crippen molar-refractivity contribution in [3.8, 4) is 11.5 Å². The van der Waals surface area contributed by atoms with E-state index in [1.165, 1.54) is 24.5 Å². The van der Waals surface area contributed by atoms with Crippen molar-refractivity contribution >= 4 is 45.7 Å². The number of carbonyl (C=O) groups excluding carboxylic acids is 4. The molecule has 0 fully saturated rings. The molecule has 0 unspecified atom stereocenters. The van der Waals surface area contributed by atoms with Gasteiger partial charge in [-0.3, -0.25) is 23.6 Å². The van der Waals surface area contributed by atoms with Gasteiger partial charge < -0.3 is 59.6 Å². The minimum absolute atomic E-state index is 0.000307. The summed E-state index contributed by atoms with van der Waals surface area (Å²) in [6.45, 7) is 4.71. The standard InChI is InChI=1S/C40H52F2N6O12S/c1-53-34-5-4-29(46-39(52)33-27-48-9-22-61-40(48)47-33)25-30(34)38(51)44-8-2-3-35(49)45-26-28-23-31(41)37(32(42)24-28)60-36(50)6-10-54-12-14-56-16-18-58-20-21-59-19-17-57-15-13-55-11-7-43/h4-5,9,22-25,27H,2-3,6-8,10-21,26,43H2,1H3,(H,44,51)(H,45,49)(H,46,52). The lowest BCUT2D eigenvalue weighted by Gasteiger charge is -2.12. The average molecular weight is 879 g/mol. The van der Waals surface area contributed by atoms with E-state index in [9.17, 15) is 28.0 Å².